The Morgan fingerprint density at radius 3 is 2.37 bits per heavy atom. The molecule has 1 aliphatic heterocycles. The van der Waals surface area contributed by atoms with E-state index in [0.29, 0.717) is 28.7 Å². The largest absolute Gasteiger partial charge is 0.497 e. The van der Waals surface area contributed by atoms with E-state index in [9.17, 15) is 4.79 Å². The van der Waals surface area contributed by atoms with Gasteiger partial charge >= 0.3 is 0 Å². The van der Waals surface area contributed by atoms with Gasteiger partial charge in [-0.2, -0.15) is 0 Å². The van der Waals surface area contributed by atoms with Gasteiger partial charge in [-0.3, -0.25) is 9.36 Å². The van der Waals surface area contributed by atoms with Crippen molar-refractivity contribution in [2.75, 3.05) is 32.0 Å². The molecule has 0 saturated heterocycles. The first-order chi connectivity index (χ1) is 17.0. The lowest BCUT2D eigenvalue weighted by atomic mass is 9.94. The number of para-hydroxylation sites is 2. The van der Waals surface area contributed by atoms with E-state index in [0.717, 1.165) is 28.0 Å². The van der Waals surface area contributed by atoms with Gasteiger partial charge in [-0.15, -0.1) is 0 Å². The van der Waals surface area contributed by atoms with Crippen LogP contribution in [0.25, 0.3) is 16.7 Å². The van der Waals surface area contributed by atoms with Crippen LogP contribution in [0.1, 0.15) is 18.5 Å². The highest BCUT2D eigenvalue weighted by Gasteiger charge is 2.33. The topological polar surface area (TPSA) is 86.6 Å². The van der Waals surface area contributed by atoms with Gasteiger partial charge in [-0.05, 0) is 48.9 Å². The molecule has 0 spiro atoms. The summed E-state index contributed by atoms with van der Waals surface area (Å²) in [5.74, 6) is 2.33. The predicted molar refractivity (Wildman–Crippen MR) is 136 cm³/mol. The Kier molecular flexibility index (Phi) is 5.78. The Bertz CT molecular complexity index is 1440. The van der Waals surface area contributed by atoms with Crippen molar-refractivity contribution < 1.29 is 19.0 Å². The third-order valence-corrected chi connectivity index (χ3v) is 6.20. The highest BCUT2D eigenvalue weighted by atomic mass is 16.5. The van der Waals surface area contributed by atoms with Crippen molar-refractivity contribution in [3.05, 3.63) is 77.9 Å². The van der Waals surface area contributed by atoms with Crippen molar-refractivity contribution >= 4 is 34.3 Å². The second kappa shape index (κ2) is 9.06. The number of fused-ring (bicyclic) bond motifs is 3. The zero-order chi connectivity index (χ0) is 24.5. The van der Waals surface area contributed by atoms with Crippen LogP contribution in [0.3, 0.4) is 0 Å². The molecule has 0 bridgehead atoms. The fraction of sp³-hybridized carbons (Fsp3) is 0.185. The molecule has 2 N–H and O–H groups in total. The number of amides is 1. The molecule has 0 aliphatic carbocycles. The maximum Gasteiger partial charge on any atom is 0.255 e. The molecule has 3 aromatic carbocycles. The number of hydrogen-bond donors (Lipinski definition) is 2. The Morgan fingerprint density at radius 1 is 0.943 bits per heavy atom. The third kappa shape index (κ3) is 3.93. The SMILES string of the molecule is COc1ccc(C2Nc3nc4ccccc4n3C(C)=C2C(=O)Nc2ccc(OC)cc2OC)cc1. The van der Waals surface area contributed by atoms with Crippen molar-refractivity contribution in [2.24, 2.45) is 0 Å². The van der Waals surface area contributed by atoms with Gasteiger partial charge in [0.15, 0.2) is 0 Å². The number of ether oxygens (including phenoxy) is 3. The minimum Gasteiger partial charge on any atom is -0.497 e. The molecule has 35 heavy (non-hydrogen) atoms. The molecule has 0 saturated carbocycles. The molecule has 8 heteroatoms. The lowest BCUT2D eigenvalue weighted by molar-refractivity contribution is -0.113. The Balaban J connectivity index is 1.62. The molecule has 1 aliphatic rings. The summed E-state index contributed by atoms with van der Waals surface area (Å²) < 4.78 is 18.1. The first kappa shape index (κ1) is 22.3. The van der Waals surface area contributed by atoms with Crippen LogP contribution < -0.4 is 24.8 Å². The van der Waals surface area contributed by atoms with E-state index in [1.54, 1.807) is 39.5 Å². The maximum atomic E-state index is 13.8. The van der Waals surface area contributed by atoms with E-state index in [1.807, 2.05) is 60.0 Å². The lowest BCUT2D eigenvalue weighted by Gasteiger charge is -2.30. The van der Waals surface area contributed by atoms with Crippen LogP contribution in [0.2, 0.25) is 0 Å². The zero-order valence-corrected chi connectivity index (χ0v) is 20.0. The Labute approximate surface area is 203 Å². The molecular formula is C27H26N4O4. The summed E-state index contributed by atoms with van der Waals surface area (Å²) in [5.41, 5.74) is 4.60. The molecule has 8 nitrogen and oxygen atoms in total. The highest BCUT2D eigenvalue weighted by Crippen LogP contribution is 2.40. The number of nitrogens with zero attached hydrogens (tertiary/aromatic N) is 2. The fourth-order valence-corrected chi connectivity index (χ4v) is 4.43. The lowest BCUT2D eigenvalue weighted by Crippen LogP contribution is -2.30. The number of nitrogens with one attached hydrogen (secondary N) is 2. The summed E-state index contributed by atoms with van der Waals surface area (Å²) in [7, 11) is 4.77. The summed E-state index contributed by atoms with van der Waals surface area (Å²) in [6.45, 7) is 1.94. The maximum absolute atomic E-state index is 13.8. The van der Waals surface area contributed by atoms with E-state index in [-0.39, 0.29) is 5.91 Å². The highest BCUT2D eigenvalue weighted by molar-refractivity contribution is 6.10. The summed E-state index contributed by atoms with van der Waals surface area (Å²) in [6.07, 6.45) is 0. The van der Waals surface area contributed by atoms with Crippen molar-refractivity contribution in [3.8, 4) is 17.2 Å². The minimum atomic E-state index is -0.422. The Hall–Kier alpha value is -4.46. The molecule has 1 atom stereocenters. The molecule has 178 valence electrons. The smallest absolute Gasteiger partial charge is 0.255 e. The van der Waals surface area contributed by atoms with Crippen LogP contribution in [-0.2, 0) is 4.79 Å². The molecule has 2 heterocycles. The Morgan fingerprint density at radius 2 is 1.66 bits per heavy atom. The molecule has 1 unspecified atom stereocenters. The van der Waals surface area contributed by atoms with E-state index >= 15 is 0 Å². The van der Waals surface area contributed by atoms with Gasteiger partial charge in [-0.1, -0.05) is 24.3 Å². The normalized spacial score (nSPS) is 14.8. The molecular weight excluding hydrogens is 444 g/mol. The van der Waals surface area contributed by atoms with Gasteiger partial charge in [0, 0.05) is 11.8 Å². The van der Waals surface area contributed by atoms with Gasteiger partial charge in [0.05, 0.1) is 49.7 Å². The summed E-state index contributed by atoms with van der Waals surface area (Å²) in [4.78, 5) is 18.6. The quantitative estimate of drug-likeness (QED) is 0.408. The first-order valence-corrected chi connectivity index (χ1v) is 11.2. The summed E-state index contributed by atoms with van der Waals surface area (Å²) >= 11 is 0. The second-order valence-electron chi connectivity index (χ2n) is 8.13. The van der Waals surface area contributed by atoms with Crippen molar-refractivity contribution in [2.45, 2.75) is 13.0 Å². The van der Waals surface area contributed by atoms with Gasteiger partial charge < -0.3 is 24.8 Å². The van der Waals surface area contributed by atoms with Crippen LogP contribution in [0.5, 0.6) is 17.2 Å². The van der Waals surface area contributed by atoms with Crippen LogP contribution >= 0.6 is 0 Å². The zero-order valence-electron chi connectivity index (χ0n) is 20.0. The molecule has 1 aromatic heterocycles. The first-order valence-electron chi connectivity index (χ1n) is 11.2. The van der Waals surface area contributed by atoms with E-state index < -0.39 is 6.04 Å². The molecule has 1 amide bonds. The number of allylic oxidation sites excluding steroid dienone is 1. The fourth-order valence-electron chi connectivity index (χ4n) is 4.43. The van der Waals surface area contributed by atoms with Gasteiger partial charge in [-0.25, -0.2) is 4.98 Å². The minimum absolute atomic E-state index is 0.247. The number of methoxy groups -OCH3 is 3. The van der Waals surface area contributed by atoms with Crippen molar-refractivity contribution in [1.82, 2.24) is 9.55 Å². The standard InChI is InChI=1S/C27H26N4O4/c1-16-24(26(32)28-21-14-13-19(34-3)15-23(21)35-4)25(17-9-11-18(33-2)12-10-17)30-27-29-20-7-5-6-8-22(20)31(16)27/h5-15,25H,1-4H3,(H,28,32)(H,29,30). The number of carbonyl (C=O) groups excluding carboxylic acids is 1. The number of benzene rings is 3. The van der Waals surface area contributed by atoms with Crippen molar-refractivity contribution in [3.63, 3.8) is 0 Å². The molecule has 0 radical (unpaired) electrons. The van der Waals surface area contributed by atoms with Gasteiger partial charge in [0.1, 0.15) is 17.2 Å². The van der Waals surface area contributed by atoms with Gasteiger partial charge in [0.2, 0.25) is 5.95 Å². The monoisotopic (exact) mass is 470 g/mol. The molecule has 4 aromatic rings. The van der Waals surface area contributed by atoms with Crippen molar-refractivity contribution in [1.29, 1.82) is 0 Å². The number of anilines is 2. The summed E-state index contributed by atoms with van der Waals surface area (Å²) in [5, 5.41) is 6.51. The van der Waals surface area contributed by atoms with E-state index in [4.69, 9.17) is 19.2 Å². The number of carbonyl (C=O) groups is 1. The summed E-state index contributed by atoms with van der Waals surface area (Å²) in [6, 6.07) is 20.4. The average molecular weight is 471 g/mol. The molecule has 5 rings (SSSR count). The number of hydrogen-bond acceptors (Lipinski definition) is 6. The van der Waals surface area contributed by atoms with Gasteiger partial charge in [0.25, 0.3) is 5.91 Å². The van der Waals surface area contributed by atoms with E-state index in [2.05, 4.69) is 10.6 Å². The number of aromatic nitrogens is 2. The van der Waals surface area contributed by atoms with E-state index in [1.165, 1.54) is 0 Å². The van der Waals surface area contributed by atoms with Crippen LogP contribution in [0.15, 0.2) is 72.3 Å². The average Bonchev–Trinajstić information content (AvgIpc) is 3.27. The molecule has 0 fully saturated rings. The number of imidazole rings is 1. The third-order valence-electron chi connectivity index (χ3n) is 6.20. The van der Waals surface area contributed by atoms with Crippen LogP contribution in [-0.4, -0.2) is 36.8 Å². The second-order valence-corrected chi connectivity index (χ2v) is 8.13. The van der Waals surface area contributed by atoms with Crippen LogP contribution in [0.4, 0.5) is 11.6 Å². The number of rotatable bonds is 6. The van der Waals surface area contributed by atoms with Crippen LogP contribution in [0, 0.1) is 0 Å². The predicted octanol–water partition coefficient (Wildman–Crippen LogP) is 5.10.